The second-order valence-electron chi connectivity index (χ2n) is 4.21. The van der Waals surface area contributed by atoms with Gasteiger partial charge in [-0.1, -0.05) is 28.1 Å². The van der Waals surface area contributed by atoms with Gasteiger partial charge < -0.3 is 10.1 Å². The Morgan fingerprint density at radius 2 is 1.95 bits per heavy atom. The summed E-state index contributed by atoms with van der Waals surface area (Å²) in [4.78, 5) is 8.58. The van der Waals surface area contributed by atoms with Gasteiger partial charge in [-0.2, -0.15) is 0 Å². The molecule has 0 saturated heterocycles. The van der Waals surface area contributed by atoms with Crippen LogP contribution in [0.25, 0.3) is 10.9 Å². The highest BCUT2D eigenvalue weighted by atomic mass is 79.9. The number of aromatic nitrogens is 2. The quantitative estimate of drug-likeness (QED) is 0.784. The molecule has 3 aromatic rings. The molecule has 2 aromatic carbocycles. The third-order valence-electron chi connectivity index (χ3n) is 2.96. The molecule has 0 fully saturated rings. The smallest absolute Gasteiger partial charge is 0.142 e. The topological polar surface area (TPSA) is 47.0 Å². The lowest BCUT2D eigenvalue weighted by Crippen LogP contribution is -1.98. The Bertz CT molecular complexity index is 761. The molecule has 3 rings (SSSR count). The van der Waals surface area contributed by atoms with Gasteiger partial charge in [-0.15, -0.1) is 0 Å². The summed E-state index contributed by atoms with van der Waals surface area (Å²) in [5, 5.41) is 4.25. The van der Waals surface area contributed by atoms with Crippen molar-refractivity contribution in [3.63, 3.8) is 0 Å². The minimum atomic E-state index is 0.751. The van der Waals surface area contributed by atoms with Crippen molar-refractivity contribution in [2.24, 2.45) is 0 Å². The van der Waals surface area contributed by atoms with E-state index in [4.69, 9.17) is 4.74 Å². The normalized spacial score (nSPS) is 10.5. The number of benzene rings is 2. The highest BCUT2D eigenvalue weighted by Crippen LogP contribution is 2.30. The third-order valence-corrected chi connectivity index (χ3v) is 3.45. The number of ether oxygens (including phenoxy) is 1. The molecular formula is C15H12BrN3O. The summed E-state index contributed by atoms with van der Waals surface area (Å²) < 4.78 is 6.33. The number of nitrogens with zero attached hydrogens (tertiary/aromatic N) is 2. The maximum Gasteiger partial charge on any atom is 0.142 e. The van der Waals surface area contributed by atoms with Crippen LogP contribution in [0.1, 0.15) is 0 Å². The molecule has 0 amide bonds. The van der Waals surface area contributed by atoms with E-state index < -0.39 is 0 Å². The average molecular weight is 330 g/mol. The summed E-state index contributed by atoms with van der Waals surface area (Å²) in [6, 6.07) is 13.6. The molecule has 1 aromatic heterocycles. The van der Waals surface area contributed by atoms with Crippen molar-refractivity contribution in [3.05, 3.63) is 53.3 Å². The van der Waals surface area contributed by atoms with Gasteiger partial charge in [-0.3, -0.25) is 0 Å². The number of hydrogen-bond donors (Lipinski definition) is 1. The molecule has 1 N–H and O–H groups in total. The summed E-state index contributed by atoms with van der Waals surface area (Å²) in [5.74, 6) is 1.52. The van der Waals surface area contributed by atoms with Crippen LogP contribution in [-0.4, -0.2) is 17.1 Å². The van der Waals surface area contributed by atoms with E-state index >= 15 is 0 Å². The van der Waals surface area contributed by atoms with E-state index in [0.717, 1.165) is 32.6 Å². The molecule has 0 aliphatic carbocycles. The highest BCUT2D eigenvalue weighted by Gasteiger charge is 2.07. The van der Waals surface area contributed by atoms with Crippen LogP contribution in [0, 0.1) is 0 Å². The van der Waals surface area contributed by atoms with Gasteiger partial charge in [0.1, 0.15) is 17.9 Å². The molecular weight excluding hydrogens is 318 g/mol. The van der Waals surface area contributed by atoms with Crippen molar-refractivity contribution in [3.8, 4) is 5.75 Å². The number of halogens is 1. The zero-order chi connectivity index (χ0) is 13.9. The number of anilines is 2. The number of nitrogens with one attached hydrogen (secondary N) is 1. The first-order valence-corrected chi connectivity index (χ1v) is 6.87. The zero-order valence-corrected chi connectivity index (χ0v) is 12.4. The van der Waals surface area contributed by atoms with Gasteiger partial charge in [-0.05, 0) is 30.3 Å². The summed E-state index contributed by atoms with van der Waals surface area (Å²) in [7, 11) is 1.65. The minimum absolute atomic E-state index is 0.751. The fourth-order valence-corrected chi connectivity index (χ4v) is 2.37. The molecule has 4 nitrogen and oxygen atoms in total. The van der Waals surface area contributed by atoms with Crippen molar-refractivity contribution in [1.82, 2.24) is 9.97 Å². The SMILES string of the molecule is COc1ccccc1Nc1ncnc2ccc(Br)cc12. The molecule has 0 aliphatic heterocycles. The summed E-state index contributed by atoms with van der Waals surface area (Å²) >= 11 is 3.47. The van der Waals surface area contributed by atoms with Gasteiger partial charge >= 0.3 is 0 Å². The third kappa shape index (κ3) is 2.44. The van der Waals surface area contributed by atoms with Crippen LogP contribution in [0.15, 0.2) is 53.3 Å². The number of para-hydroxylation sites is 2. The van der Waals surface area contributed by atoms with E-state index in [1.165, 1.54) is 0 Å². The molecule has 0 bridgehead atoms. The van der Waals surface area contributed by atoms with Crippen LogP contribution >= 0.6 is 15.9 Å². The van der Waals surface area contributed by atoms with Gasteiger partial charge in [0.25, 0.3) is 0 Å². The van der Waals surface area contributed by atoms with E-state index in [1.54, 1.807) is 13.4 Å². The first-order chi connectivity index (χ1) is 9.78. The minimum Gasteiger partial charge on any atom is -0.495 e. The van der Waals surface area contributed by atoms with Crippen molar-refractivity contribution in [2.45, 2.75) is 0 Å². The monoisotopic (exact) mass is 329 g/mol. The number of rotatable bonds is 3. The van der Waals surface area contributed by atoms with Crippen molar-refractivity contribution in [2.75, 3.05) is 12.4 Å². The Morgan fingerprint density at radius 1 is 1.10 bits per heavy atom. The Morgan fingerprint density at radius 3 is 2.80 bits per heavy atom. The molecule has 0 unspecified atom stereocenters. The maximum absolute atomic E-state index is 5.34. The van der Waals surface area contributed by atoms with Gasteiger partial charge in [0.2, 0.25) is 0 Å². The predicted octanol–water partition coefficient (Wildman–Crippen LogP) is 4.14. The summed E-state index contributed by atoms with van der Waals surface area (Å²) in [5.41, 5.74) is 1.76. The molecule has 100 valence electrons. The zero-order valence-electron chi connectivity index (χ0n) is 10.8. The van der Waals surface area contributed by atoms with Crippen molar-refractivity contribution in [1.29, 1.82) is 0 Å². The second kappa shape index (κ2) is 5.46. The van der Waals surface area contributed by atoms with Crippen molar-refractivity contribution >= 4 is 38.3 Å². The second-order valence-corrected chi connectivity index (χ2v) is 5.12. The molecule has 0 aliphatic rings. The Hall–Kier alpha value is -2.14. The highest BCUT2D eigenvalue weighted by molar-refractivity contribution is 9.10. The van der Waals surface area contributed by atoms with Gasteiger partial charge in [0.15, 0.2) is 0 Å². The van der Waals surface area contributed by atoms with Gasteiger partial charge in [0, 0.05) is 9.86 Å². The predicted molar refractivity (Wildman–Crippen MR) is 83.5 cm³/mol. The largest absolute Gasteiger partial charge is 0.495 e. The Labute approximate surface area is 125 Å². The van der Waals surface area contributed by atoms with Crippen LogP contribution in [0.4, 0.5) is 11.5 Å². The Balaban J connectivity index is 2.08. The summed E-state index contributed by atoms with van der Waals surface area (Å²) in [6.07, 6.45) is 1.55. The van der Waals surface area contributed by atoms with E-state index in [2.05, 4.69) is 31.2 Å². The van der Waals surface area contributed by atoms with Crippen LogP contribution in [0.3, 0.4) is 0 Å². The number of methoxy groups -OCH3 is 1. The Kier molecular flexibility index (Phi) is 3.52. The lowest BCUT2D eigenvalue weighted by Gasteiger charge is -2.11. The van der Waals surface area contributed by atoms with E-state index in [0.29, 0.717) is 0 Å². The number of hydrogen-bond acceptors (Lipinski definition) is 4. The van der Waals surface area contributed by atoms with Crippen LogP contribution in [-0.2, 0) is 0 Å². The molecule has 0 saturated carbocycles. The lowest BCUT2D eigenvalue weighted by molar-refractivity contribution is 0.417. The summed E-state index contributed by atoms with van der Waals surface area (Å²) in [6.45, 7) is 0. The fraction of sp³-hybridized carbons (Fsp3) is 0.0667. The first kappa shape index (κ1) is 12.9. The fourth-order valence-electron chi connectivity index (χ4n) is 2.00. The van der Waals surface area contributed by atoms with Gasteiger partial charge in [-0.25, -0.2) is 9.97 Å². The van der Waals surface area contributed by atoms with Crippen LogP contribution < -0.4 is 10.1 Å². The number of fused-ring (bicyclic) bond motifs is 1. The first-order valence-electron chi connectivity index (χ1n) is 6.08. The maximum atomic E-state index is 5.34. The molecule has 1 heterocycles. The molecule has 20 heavy (non-hydrogen) atoms. The van der Waals surface area contributed by atoms with Crippen LogP contribution in [0.5, 0.6) is 5.75 Å². The average Bonchev–Trinajstić information content (AvgIpc) is 2.48. The molecule has 0 radical (unpaired) electrons. The van der Waals surface area contributed by atoms with E-state index in [-0.39, 0.29) is 0 Å². The van der Waals surface area contributed by atoms with Gasteiger partial charge in [0.05, 0.1) is 18.3 Å². The molecule has 5 heteroatoms. The van der Waals surface area contributed by atoms with Crippen molar-refractivity contribution < 1.29 is 4.74 Å². The molecule has 0 spiro atoms. The standard InChI is InChI=1S/C15H12BrN3O/c1-20-14-5-3-2-4-13(14)19-15-11-8-10(16)6-7-12(11)17-9-18-15/h2-9H,1H3,(H,17,18,19). The van der Waals surface area contributed by atoms with Crippen LogP contribution in [0.2, 0.25) is 0 Å². The van der Waals surface area contributed by atoms with E-state index in [1.807, 2.05) is 42.5 Å². The lowest BCUT2D eigenvalue weighted by atomic mass is 10.2. The van der Waals surface area contributed by atoms with E-state index in [9.17, 15) is 0 Å². The molecule has 0 atom stereocenters.